The molecule has 0 aliphatic carbocycles. The quantitative estimate of drug-likeness (QED) is 0.871. The van der Waals surface area contributed by atoms with Gasteiger partial charge in [-0.15, -0.1) is 5.10 Å². The fourth-order valence-electron chi connectivity index (χ4n) is 1.67. The molecule has 0 aliphatic rings. The van der Waals surface area contributed by atoms with Gasteiger partial charge in [-0.3, -0.25) is 9.52 Å². The van der Waals surface area contributed by atoms with Crippen molar-refractivity contribution in [1.82, 2.24) is 9.59 Å². The number of hydrogen-bond acceptors (Lipinski definition) is 6. The van der Waals surface area contributed by atoms with Gasteiger partial charge in [0.2, 0.25) is 10.0 Å². The maximum Gasteiger partial charge on any atom is 0.269 e. The van der Waals surface area contributed by atoms with Gasteiger partial charge in [0.05, 0.1) is 17.6 Å². The third-order valence-electron chi connectivity index (χ3n) is 2.52. The molecule has 0 aliphatic heterocycles. The second kappa shape index (κ2) is 6.19. The van der Waals surface area contributed by atoms with Gasteiger partial charge in [-0.25, -0.2) is 8.42 Å². The SMILES string of the molecule is CCc1nnsc1C(=O)Nc1cccc(NS(C)(=O)=O)c1. The summed E-state index contributed by atoms with van der Waals surface area (Å²) >= 11 is 1.03. The monoisotopic (exact) mass is 326 g/mol. The molecule has 2 rings (SSSR count). The number of nitrogens with one attached hydrogen (secondary N) is 2. The number of sulfonamides is 1. The lowest BCUT2D eigenvalue weighted by molar-refractivity contribution is 0.102. The molecule has 0 radical (unpaired) electrons. The number of carbonyl (C=O) groups is 1. The number of aryl methyl sites for hydroxylation is 1. The largest absolute Gasteiger partial charge is 0.321 e. The lowest BCUT2D eigenvalue weighted by atomic mass is 10.2. The minimum absolute atomic E-state index is 0.307. The number of amides is 1. The van der Waals surface area contributed by atoms with Crippen molar-refractivity contribution in [2.75, 3.05) is 16.3 Å². The summed E-state index contributed by atoms with van der Waals surface area (Å²) in [5.41, 5.74) is 1.51. The number of nitrogens with zero attached hydrogens (tertiary/aromatic N) is 2. The predicted molar refractivity (Wildman–Crippen MR) is 82.1 cm³/mol. The minimum Gasteiger partial charge on any atom is -0.321 e. The normalized spacial score (nSPS) is 11.1. The smallest absolute Gasteiger partial charge is 0.269 e. The first-order valence-electron chi connectivity index (χ1n) is 6.09. The number of rotatable bonds is 5. The Bertz CT molecular complexity index is 755. The van der Waals surface area contributed by atoms with Gasteiger partial charge in [-0.05, 0) is 36.2 Å². The third-order valence-corrected chi connectivity index (χ3v) is 3.89. The van der Waals surface area contributed by atoms with E-state index in [1.807, 2.05) is 6.92 Å². The fraction of sp³-hybridized carbons (Fsp3) is 0.250. The second-order valence-electron chi connectivity index (χ2n) is 4.31. The molecule has 9 heteroatoms. The Balaban J connectivity index is 2.16. The fourth-order valence-corrected chi connectivity index (χ4v) is 2.88. The summed E-state index contributed by atoms with van der Waals surface area (Å²) in [6.07, 6.45) is 1.68. The van der Waals surface area contributed by atoms with Crippen LogP contribution < -0.4 is 10.0 Å². The van der Waals surface area contributed by atoms with Crippen LogP contribution in [-0.4, -0.2) is 30.2 Å². The molecule has 1 aromatic heterocycles. The summed E-state index contributed by atoms with van der Waals surface area (Å²) in [4.78, 5) is 12.6. The van der Waals surface area contributed by atoms with E-state index in [-0.39, 0.29) is 5.91 Å². The molecular weight excluding hydrogens is 312 g/mol. The molecule has 2 aromatic rings. The highest BCUT2D eigenvalue weighted by atomic mass is 32.2. The van der Waals surface area contributed by atoms with Gasteiger partial charge in [0.15, 0.2) is 0 Å². The van der Waals surface area contributed by atoms with E-state index in [2.05, 4.69) is 19.6 Å². The van der Waals surface area contributed by atoms with Crippen molar-refractivity contribution in [2.24, 2.45) is 0 Å². The van der Waals surface area contributed by atoms with E-state index < -0.39 is 10.0 Å². The molecular formula is C12H14N4O3S2. The standard InChI is InChI=1S/C12H14N4O3S2/c1-3-10-11(20-16-14-10)12(17)13-8-5-4-6-9(7-8)15-21(2,18)19/h4-7,15H,3H2,1-2H3,(H,13,17). The van der Waals surface area contributed by atoms with Crippen LogP contribution >= 0.6 is 11.5 Å². The van der Waals surface area contributed by atoms with Crippen molar-refractivity contribution in [2.45, 2.75) is 13.3 Å². The first-order valence-corrected chi connectivity index (χ1v) is 8.76. The number of anilines is 2. The molecule has 2 N–H and O–H groups in total. The van der Waals surface area contributed by atoms with E-state index in [9.17, 15) is 13.2 Å². The molecule has 1 heterocycles. The Hall–Kier alpha value is -2.00. The molecule has 0 saturated heterocycles. The van der Waals surface area contributed by atoms with E-state index >= 15 is 0 Å². The van der Waals surface area contributed by atoms with Crippen LogP contribution in [0, 0.1) is 0 Å². The van der Waals surface area contributed by atoms with Crippen molar-refractivity contribution in [3.8, 4) is 0 Å². The molecule has 0 unspecified atom stereocenters. The minimum atomic E-state index is -3.36. The van der Waals surface area contributed by atoms with Crippen molar-refractivity contribution in [3.63, 3.8) is 0 Å². The summed E-state index contributed by atoms with van der Waals surface area (Å²) in [5.74, 6) is -0.307. The molecule has 0 spiro atoms. The molecule has 0 atom stereocenters. The van der Waals surface area contributed by atoms with Crippen LogP contribution in [0.3, 0.4) is 0 Å². The Labute approximate surface area is 126 Å². The summed E-state index contributed by atoms with van der Waals surface area (Å²) < 4.78 is 28.5. The maximum atomic E-state index is 12.1. The number of benzene rings is 1. The topological polar surface area (TPSA) is 101 Å². The number of aromatic nitrogens is 2. The summed E-state index contributed by atoms with van der Waals surface area (Å²) in [7, 11) is -3.36. The van der Waals surface area contributed by atoms with Crippen molar-refractivity contribution in [1.29, 1.82) is 0 Å². The lowest BCUT2D eigenvalue weighted by Crippen LogP contribution is -2.13. The van der Waals surface area contributed by atoms with Crippen LogP contribution in [0.5, 0.6) is 0 Å². The van der Waals surface area contributed by atoms with E-state index in [0.717, 1.165) is 17.8 Å². The van der Waals surface area contributed by atoms with Gasteiger partial charge in [0.1, 0.15) is 4.88 Å². The van der Waals surface area contributed by atoms with E-state index in [1.165, 1.54) is 0 Å². The van der Waals surface area contributed by atoms with Crippen LogP contribution in [-0.2, 0) is 16.4 Å². The van der Waals surface area contributed by atoms with Crippen LogP contribution in [0.2, 0.25) is 0 Å². The van der Waals surface area contributed by atoms with E-state index in [4.69, 9.17) is 0 Å². The van der Waals surface area contributed by atoms with Crippen LogP contribution in [0.1, 0.15) is 22.3 Å². The first kappa shape index (κ1) is 15.4. The van der Waals surface area contributed by atoms with Gasteiger partial charge >= 0.3 is 0 Å². The average molecular weight is 326 g/mol. The first-order chi connectivity index (χ1) is 9.89. The molecule has 1 aromatic carbocycles. The average Bonchev–Trinajstić information content (AvgIpc) is 2.85. The maximum absolute atomic E-state index is 12.1. The zero-order valence-electron chi connectivity index (χ0n) is 11.5. The van der Waals surface area contributed by atoms with Gasteiger partial charge in [-0.2, -0.15) is 0 Å². The summed E-state index contributed by atoms with van der Waals surface area (Å²) in [6.45, 7) is 1.89. The van der Waals surface area contributed by atoms with E-state index in [0.29, 0.717) is 28.4 Å². The van der Waals surface area contributed by atoms with Gasteiger partial charge in [0, 0.05) is 5.69 Å². The zero-order chi connectivity index (χ0) is 15.5. The van der Waals surface area contributed by atoms with Crippen molar-refractivity contribution < 1.29 is 13.2 Å². The molecule has 1 amide bonds. The third kappa shape index (κ3) is 4.23. The molecule has 0 saturated carbocycles. The van der Waals surface area contributed by atoms with Crippen molar-refractivity contribution >= 4 is 38.8 Å². The van der Waals surface area contributed by atoms with Gasteiger partial charge < -0.3 is 5.32 Å². The molecule has 0 bridgehead atoms. The Morgan fingerprint density at radius 3 is 2.71 bits per heavy atom. The second-order valence-corrected chi connectivity index (χ2v) is 6.81. The summed E-state index contributed by atoms with van der Waals surface area (Å²) in [6, 6.07) is 6.46. The van der Waals surface area contributed by atoms with Crippen molar-refractivity contribution in [3.05, 3.63) is 34.8 Å². The highest BCUT2D eigenvalue weighted by Crippen LogP contribution is 2.18. The van der Waals surface area contributed by atoms with Crippen LogP contribution in [0.15, 0.2) is 24.3 Å². The Morgan fingerprint density at radius 2 is 2.05 bits per heavy atom. The highest BCUT2D eigenvalue weighted by molar-refractivity contribution is 7.92. The Kier molecular flexibility index (Phi) is 4.53. The predicted octanol–water partition coefficient (Wildman–Crippen LogP) is 1.72. The number of hydrogen-bond donors (Lipinski definition) is 2. The van der Waals surface area contributed by atoms with E-state index in [1.54, 1.807) is 24.3 Å². The molecule has 112 valence electrons. The molecule has 21 heavy (non-hydrogen) atoms. The van der Waals surface area contributed by atoms with Crippen LogP contribution in [0.25, 0.3) is 0 Å². The van der Waals surface area contributed by atoms with Gasteiger partial charge in [0.25, 0.3) is 5.91 Å². The van der Waals surface area contributed by atoms with Crippen LogP contribution in [0.4, 0.5) is 11.4 Å². The van der Waals surface area contributed by atoms with Gasteiger partial charge in [-0.1, -0.05) is 17.5 Å². The lowest BCUT2D eigenvalue weighted by Gasteiger charge is -2.07. The zero-order valence-corrected chi connectivity index (χ0v) is 13.1. The Morgan fingerprint density at radius 1 is 1.33 bits per heavy atom. The highest BCUT2D eigenvalue weighted by Gasteiger charge is 2.15. The summed E-state index contributed by atoms with van der Waals surface area (Å²) in [5, 5.41) is 6.58. The molecule has 7 nitrogen and oxygen atoms in total. The molecule has 0 fully saturated rings. The number of carbonyl (C=O) groups excluding carboxylic acids is 1.